The molecule has 0 saturated carbocycles. The van der Waals surface area contributed by atoms with Crippen LogP contribution >= 0.6 is 0 Å². The van der Waals surface area contributed by atoms with Crippen molar-refractivity contribution in [1.29, 1.82) is 0 Å². The zero-order valence-electron chi connectivity index (χ0n) is 9.11. The van der Waals surface area contributed by atoms with Gasteiger partial charge in [-0.15, -0.1) is 0 Å². The molecular formula is C9H15BO5. The van der Waals surface area contributed by atoms with Gasteiger partial charge in [-0.25, -0.2) is 0 Å². The molecule has 3 fully saturated rings. The lowest BCUT2D eigenvalue weighted by Crippen LogP contribution is -2.73. The van der Waals surface area contributed by atoms with Gasteiger partial charge in [0, 0.05) is 0 Å². The molecule has 84 valence electrons. The first kappa shape index (κ1) is 11.1. The molecule has 3 aliphatic heterocycles. The van der Waals surface area contributed by atoms with Crippen molar-refractivity contribution in [2.45, 2.75) is 37.8 Å². The van der Waals surface area contributed by atoms with Crippen LogP contribution in [0.1, 0.15) is 20.8 Å². The summed E-state index contributed by atoms with van der Waals surface area (Å²) in [5, 5.41) is 20.5. The molecule has 0 radical (unpaired) electrons. The third kappa shape index (κ3) is 1.17. The van der Waals surface area contributed by atoms with Gasteiger partial charge in [0.25, 0.3) is 0 Å². The van der Waals surface area contributed by atoms with Gasteiger partial charge >= 0.3 is 7.32 Å². The van der Waals surface area contributed by atoms with Crippen LogP contribution in [-0.2, 0) is 14.0 Å². The molecule has 5 nitrogen and oxygen atoms in total. The highest BCUT2D eigenvalue weighted by molar-refractivity contribution is 6.39. The van der Waals surface area contributed by atoms with Crippen molar-refractivity contribution in [3.63, 3.8) is 0 Å². The Morgan fingerprint density at radius 2 is 1.87 bits per heavy atom. The Kier molecular flexibility index (Phi) is 2.10. The number of rotatable bonds is 1. The van der Waals surface area contributed by atoms with Gasteiger partial charge in [-0.2, -0.15) is 0 Å². The molecule has 2 N–H and O–H groups in total. The maximum absolute atomic E-state index is 10.4. The minimum absolute atomic E-state index is 0.0559. The molecule has 2 unspecified atom stereocenters. The molecular weight excluding hydrogens is 199 g/mol. The van der Waals surface area contributed by atoms with E-state index >= 15 is 0 Å². The van der Waals surface area contributed by atoms with E-state index in [1.54, 1.807) is 6.92 Å². The van der Waals surface area contributed by atoms with E-state index < -0.39 is 24.3 Å². The van der Waals surface area contributed by atoms with Crippen molar-refractivity contribution in [2.24, 2.45) is 0 Å². The second-order valence-corrected chi connectivity index (χ2v) is 4.58. The fraction of sp³-hybridized carbons (Fsp3) is 0.778. The molecule has 15 heavy (non-hydrogen) atoms. The van der Waals surface area contributed by atoms with Crippen LogP contribution in [0.2, 0.25) is 0 Å². The fourth-order valence-electron chi connectivity index (χ4n) is 1.92. The average Bonchev–Trinajstić information content (AvgIpc) is 2.09. The molecule has 3 heterocycles. The summed E-state index contributed by atoms with van der Waals surface area (Å²) in [6.07, 6.45) is 0. The van der Waals surface area contributed by atoms with E-state index in [9.17, 15) is 10.2 Å². The predicted octanol–water partition coefficient (Wildman–Crippen LogP) is -0.177. The van der Waals surface area contributed by atoms with Gasteiger partial charge in [0.05, 0.1) is 6.61 Å². The Hall–Kier alpha value is -0.395. The molecule has 0 spiro atoms. The molecule has 0 amide bonds. The Labute approximate surface area is 88.8 Å². The lowest BCUT2D eigenvalue weighted by molar-refractivity contribution is -0.317. The lowest BCUT2D eigenvalue weighted by Gasteiger charge is -2.53. The molecule has 3 aliphatic rings. The second kappa shape index (κ2) is 2.84. The minimum atomic E-state index is -1.61. The van der Waals surface area contributed by atoms with Gasteiger partial charge < -0.3 is 24.2 Å². The van der Waals surface area contributed by atoms with Crippen molar-refractivity contribution in [1.82, 2.24) is 0 Å². The van der Waals surface area contributed by atoms with E-state index in [1.807, 2.05) is 0 Å². The topological polar surface area (TPSA) is 68.2 Å². The van der Waals surface area contributed by atoms with Crippen LogP contribution in [0, 0.1) is 0 Å². The summed E-state index contributed by atoms with van der Waals surface area (Å²) in [7, 11) is -0.831. The van der Waals surface area contributed by atoms with E-state index in [2.05, 4.69) is 6.58 Å². The van der Waals surface area contributed by atoms with Crippen LogP contribution in [-0.4, -0.2) is 41.1 Å². The Morgan fingerprint density at radius 1 is 1.33 bits per heavy atom. The van der Waals surface area contributed by atoms with E-state index in [-0.39, 0.29) is 6.61 Å². The summed E-state index contributed by atoms with van der Waals surface area (Å²) in [6.45, 7) is 8.26. The highest BCUT2D eigenvalue weighted by Gasteiger charge is 2.71. The molecule has 6 heteroatoms. The summed E-state index contributed by atoms with van der Waals surface area (Å²) in [4.78, 5) is 0. The quantitative estimate of drug-likeness (QED) is 0.468. The first-order valence-corrected chi connectivity index (χ1v) is 4.81. The Balaban J connectivity index is 2.45. The number of fused-ring (bicyclic) bond motifs is 3. The largest absolute Gasteiger partial charge is 0.644 e. The first-order valence-electron chi connectivity index (χ1n) is 4.81. The fourth-order valence-corrected chi connectivity index (χ4v) is 1.92. The smallest absolute Gasteiger partial charge is 0.385 e. The molecule has 0 aliphatic carbocycles. The summed E-state index contributed by atoms with van der Waals surface area (Å²) in [5.74, 6) is -1.38. The van der Waals surface area contributed by atoms with Gasteiger partial charge in [0.1, 0.15) is 11.2 Å². The highest BCUT2D eigenvalue weighted by Crippen LogP contribution is 2.49. The van der Waals surface area contributed by atoms with Gasteiger partial charge in [-0.3, -0.25) is 0 Å². The van der Waals surface area contributed by atoms with Gasteiger partial charge in [0.15, 0.2) is 0 Å². The summed E-state index contributed by atoms with van der Waals surface area (Å²) in [5.41, 5.74) is -2.58. The van der Waals surface area contributed by atoms with E-state index in [4.69, 9.17) is 14.0 Å². The maximum Gasteiger partial charge on any atom is 0.644 e. The molecule has 0 aromatic rings. The SMILES string of the molecule is C=C(C)C12OB(OCC(C)(O)C1(C)O)O2. The third-order valence-electron chi connectivity index (χ3n) is 3.28. The van der Waals surface area contributed by atoms with Crippen molar-refractivity contribution < 1.29 is 24.2 Å². The third-order valence-corrected chi connectivity index (χ3v) is 3.28. The van der Waals surface area contributed by atoms with Crippen LogP contribution in [0.5, 0.6) is 0 Å². The van der Waals surface area contributed by atoms with Crippen molar-refractivity contribution in [3.05, 3.63) is 12.2 Å². The van der Waals surface area contributed by atoms with Gasteiger partial charge in [0.2, 0.25) is 5.79 Å². The standard InChI is InChI=1S/C9H15BO5/c1-6(2)9-8(4,12)7(3,11)5-13-10(14-9)15-9/h11-12H,1,5H2,2-4H3. The van der Waals surface area contributed by atoms with Crippen molar-refractivity contribution in [2.75, 3.05) is 6.61 Å². The van der Waals surface area contributed by atoms with Crippen LogP contribution < -0.4 is 0 Å². The van der Waals surface area contributed by atoms with Gasteiger partial charge in [-0.05, 0) is 26.3 Å². The van der Waals surface area contributed by atoms with E-state index in [0.717, 1.165) is 0 Å². The summed E-state index contributed by atoms with van der Waals surface area (Å²) in [6, 6.07) is 0. The highest BCUT2D eigenvalue weighted by atomic mass is 16.9. The zero-order valence-corrected chi connectivity index (χ0v) is 9.11. The summed E-state index contributed by atoms with van der Waals surface area (Å²) < 4.78 is 15.8. The maximum atomic E-state index is 10.4. The van der Waals surface area contributed by atoms with Crippen LogP contribution in [0.15, 0.2) is 12.2 Å². The zero-order chi connectivity index (χ0) is 11.5. The molecule has 2 atom stereocenters. The van der Waals surface area contributed by atoms with Crippen LogP contribution in [0.3, 0.4) is 0 Å². The minimum Gasteiger partial charge on any atom is -0.385 e. The monoisotopic (exact) mass is 214 g/mol. The second-order valence-electron chi connectivity index (χ2n) is 4.58. The molecule has 2 bridgehead atoms. The van der Waals surface area contributed by atoms with E-state index in [1.165, 1.54) is 13.8 Å². The Bertz CT molecular complexity index is 306. The van der Waals surface area contributed by atoms with Crippen LogP contribution in [0.25, 0.3) is 0 Å². The first-order chi connectivity index (χ1) is 6.73. The van der Waals surface area contributed by atoms with E-state index in [0.29, 0.717) is 5.57 Å². The molecule has 0 aromatic carbocycles. The number of hydrogen-bond acceptors (Lipinski definition) is 5. The Morgan fingerprint density at radius 3 is 2.33 bits per heavy atom. The van der Waals surface area contributed by atoms with Crippen molar-refractivity contribution in [3.8, 4) is 0 Å². The molecule has 3 rings (SSSR count). The normalized spacial score (nSPS) is 49.5. The predicted molar refractivity (Wildman–Crippen MR) is 52.7 cm³/mol. The molecule has 0 aromatic heterocycles. The lowest BCUT2D eigenvalue weighted by atomic mass is 9.75. The van der Waals surface area contributed by atoms with Crippen LogP contribution in [0.4, 0.5) is 0 Å². The van der Waals surface area contributed by atoms with Crippen molar-refractivity contribution >= 4 is 7.32 Å². The summed E-state index contributed by atoms with van der Waals surface area (Å²) >= 11 is 0. The average molecular weight is 214 g/mol. The number of hydrogen-bond donors (Lipinski definition) is 2. The number of aliphatic hydroxyl groups is 2. The van der Waals surface area contributed by atoms with Gasteiger partial charge in [-0.1, -0.05) is 6.58 Å². The molecule has 3 saturated heterocycles.